The zero-order valence-corrected chi connectivity index (χ0v) is 19.1. The van der Waals surface area contributed by atoms with Crippen molar-refractivity contribution >= 4 is 12.2 Å². The molecule has 6 nitrogen and oxygen atoms in total. The molecule has 0 unspecified atom stereocenters. The molecule has 1 fully saturated rings. The lowest BCUT2D eigenvalue weighted by Gasteiger charge is -2.42. The number of rotatable bonds is 4. The highest BCUT2D eigenvalue weighted by Crippen LogP contribution is 2.34. The Labute approximate surface area is 188 Å². The fourth-order valence-electron chi connectivity index (χ4n) is 3.80. The van der Waals surface area contributed by atoms with Gasteiger partial charge in [0.1, 0.15) is 18.0 Å². The topological polar surface area (TPSA) is 59.1 Å². The van der Waals surface area contributed by atoms with Crippen LogP contribution in [0, 0.1) is 5.82 Å². The Morgan fingerprint density at radius 3 is 2.38 bits per heavy atom. The van der Waals surface area contributed by atoms with Crippen molar-refractivity contribution in [1.29, 1.82) is 0 Å². The summed E-state index contributed by atoms with van der Waals surface area (Å²) < 4.78 is 24.6. The minimum Gasteiger partial charge on any atom is -0.445 e. The highest BCUT2D eigenvalue weighted by Gasteiger charge is 2.37. The predicted molar refractivity (Wildman–Crippen MR) is 119 cm³/mol. The van der Waals surface area contributed by atoms with Crippen LogP contribution in [0.15, 0.2) is 54.6 Å². The second-order valence-electron chi connectivity index (χ2n) is 9.07. The Morgan fingerprint density at radius 2 is 1.75 bits per heavy atom. The van der Waals surface area contributed by atoms with Crippen molar-refractivity contribution in [2.75, 3.05) is 13.6 Å². The average molecular weight is 443 g/mol. The Balaban J connectivity index is 1.75. The molecule has 0 saturated carbocycles. The van der Waals surface area contributed by atoms with Gasteiger partial charge in [0.15, 0.2) is 0 Å². The standard InChI is InChI=1S/C25H31FN2O4/c1-25(2,3)32-23(29)27(4)21-14-15-28(22(16-21)19-10-12-20(26)13-11-19)24(30)31-17-18-8-6-5-7-9-18/h5-13,21-22H,14-17H2,1-4H3/t21-,22+/m0/s1. The Morgan fingerprint density at radius 1 is 1.09 bits per heavy atom. The first kappa shape index (κ1) is 23.6. The number of benzene rings is 2. The number of amides is 2. The van der Waals surface area contributed by atoms with E-state index in [-0.39, 0.29) is 24.5 Å². The van der Waals surface area contributed by atoms with Crippen molar-refractivity contribution < 1.29 is 23.5 Å². The molecule has 0 N–H and O–H groups in total. The van der Waals surface area contributed by atoms with Gasteiger partial charge in [-0.1, -0.05) is 42.5 Å². The lowest BCUT2D eigenvalue weighted by molar-refractivity contribution is 0.00745. The van der Waals surface area contributed by atoms with Gasteiger partial charge in [0.25, 0.3) is 0 Å². The Kier molecular flexibility index (Phi) is 7.38. The van der Waals surface area contributed by atoms with E-state index in [1.807, 2.05) is 51.1 Å². The van der Waals surface area contributed by atoms with E-state index in [0.717, 1.165) is 11.1 Å². The summed E-state index contributed by atoms with van der Waals surface area (Å²) in [6.45, 7) is 6.06. The molecular weight excluding hydrogens is 411 g/mol. The number of piperidine rings is 1. The van der Waals surface area contributed by atoms with Crippen LogP contribution >= 0.6 is 0 Å². The molecule has 32 heavy (non-hydrogen) atoms. The number of halogens is 1. The van der Waals surface area contributed by atoms with Crippen molar-refractivity contribution in [3.05, 3.63) is 71.5 Å². The minimum atomic E-state index is -0.594. The van der Waals surface area contributed by atoms with Crippen LogP contribution in [-0.2, 0) is 16.1 Å². The summed E-state index contributed by atoms with van der Waals surface area (Å²) in [7, 11) is 1.71. The number of hydrogen-bond donors (Lipinski definition) is 0. The normalized spacial score (nSPS) is 18.7. The molecule has 2 aromatic carbocycles. The van der Waals surface area contributed by atoms with Crippen LogP contribution in [0.25, 0.3) is 0 Å². The number of carbonyl (C=O) groups is 2. The van der Waals surface area contributed by atoms with Gasteiger partial charge in [0.2, 0.25) is 0 Å². The van der Waals surface area contributed by atoms with Crippen LogP contribution in [0.1, 0.15) is 50.8 Å². The van der Waals surface area contributed by atoms with E-state index in [1.165, 1.54) is 12.1 Å². The van der Waals surface area contributed by atoms with E-state index < -0.39 is 17.8 Å². The van der Waals surface area contributed by atoms with Gasteiger partial charge in [-0.3, -0.25) is 0 Å². The maximum Gasteiger partial charge on any atom is 0.410 e. The molecule has 1 aliphatic heterocycles. The van der Waals surface area contributed by atoms with Gasteiger partial charge >= 0.3 is 12.2 Å². The van der Waals surface area contributed by atoms with Crippen molar-refractivity contribution in [3.8, 4) is 0 Å². The zero-order chi connectivity index (χ0) is 23.3. The van der Waals surface area contributed by atoms with Crippen LogP contribution in [-0.4, -0.2) is 47.2 Å². The fourth-order valence-corrected chi connectivity index (χ4v) is 3.80. The summed E-state index contributed by atoms with van der Waals surface area (Å²) >= 11 is 0. The lowest BCUT2D eigenvalue weighted by Crippen LogP contribution is -2.49. The number of nitrogens with zero attached hydrogens (tertiary/aromatic N) is 2. The molecule has 0 bridgehead atoms. The Hall–Kier alpha value is -3.09. The molecule has 172 valence electrons. The first-order valence-electron chi connectivity index (χ1n) is 10.8. The van der Waals surface area contributed by atoms with Gasteiger partial charge in [0.05, 0.1) is 6.04 Å². The molecule has 0 aromatic heterocycles. The Bertz CT molecular complexity index is 912. The van der Waals surface area contributed by atoms with Gasteiger partial charge in [-0.05, 0) is 56.9 Å². The highest BCUT2D eigenvalue weighted by atomic mass is 19.1. The first-order chi connectivity index (χ1) is 15.1. The third-order valence-corrected chi connectivity index (χ3v) is 5.50. The van der Waals surface area contributed by atoms with Gasteiger partial charge in [-0.25, -0.2) is 14.0 Å². The fraction of sp³-hybridized carbons (Fsp3) is 0.440. The summed E-state index contributed by atoms with van der Waals surface area (Å²) in [5, 5.41) is 0. The summed E-state index contributed by atoms with van der Waals surface area (Å²) in [5.74, 6) is -0.342. The quantitative estimate of drug-likeness (QED) is 0.624. The molecule has 7 heteroatoms. The van der Waals surface area contributed by atoms with Crippen LogP contribution in [0.5, 0.6) is 0 Å². The molecule has 1 aliphatic rings. The van der Waals surface area contributed by atoms with Crippen LogP contribution < -0.4 is 0 Å². The van der Waals surface area contributed by atoms with Crippen LogP contribution in [0.4, 0.5) is 14.0 Å². The van der Waals surface area contributed by atoms with Crippen molar-refractivity contribution in [2.24, 2.45) is 0 Å². The van der Waals surface area contributed by atoms with Gasteiger partial charge in [0, 0.05) is 19.6 Å². The molecule has 0 spiro atoms. The summed E-state index contributed by atoms with van der Waals surface area (Å²) in [6.07, 6.45) is 0.261. The van der Waals surface area contributed by atoms with Gasteiger partial charge in [-0.15, -0.1) is 0 Å². The van der Waals surface area contributed by atoms with E-state index in [9.17, 15) is 14.0 Å². The second kappa shape index (κ2) is 10.0. The molecule has 0 aliphatic carbocycles. The zero-order valence-electron chi connectivity index (χ0n) is 19.1. The smallest absolute Gasteiger partial charge is 0.410 e. The summed E-state index contributed by atoms with van der Waals surface area (Å²) in [4.78, 5) is 28.8. The molecule has 0 radical (unpaired) electrons. The number of likely N-dealkylation sites (tertiary alicyclic amines) is 1. The second-order valence-corrected chi connectivity index (χ2v) is 9.07. The van der Waals surface area contributed by atoms with E-state index in [0.29, 0.717) is 19.4 Å². The maximum absolute atomic E-state index is 13.5. The number of carbonyl (C=O) groups excluding carboxylic acids is 2. The summed E-state index contributed by atoms with van der Waals surface area (Å²) in [5.41, 5.74) is 1.10. The van der Waals surface area contributed by atoms with E-state index in [2.05, 4.69) is 0 Å². The number of hydrogen-bond acceptors (Lipinski definition) is 4. The van der Waals surface area contributed by atoms with Crippen molar-refractivity contribution in [2.45, 2.75) is 57.9 Å². The molecular formula is C25H31FN2O4. The SMILES string of the molecule is CN(C(=O)OC(C)(C)C)[C@H]1CCN(C(=O)OCc2ccccc2)[C@@H](c2ccc(F)cc2)C1. The molecule has 2 amide bonds. The number of ether oxygens (including phenoxy) is 2. The third kappa shape index (κ3) is 6.22. The maximum atomic E-state index is 13.5. The van der Waals surface area contributed by atoms with Crippen molar-refractivity contribution in [3.63, 3.8) is 0 Å². The average Bonchev–Trinajstić information content (AvgIpc) is 2.76. The van der Waals surface area contributed by atoms with Crippen LogP contribution in [0.3, 0.4) is 0 Å². The molecule has 1 saturated heterocycles. The summed E-state index contributed by atoms with van der Waals surface area (Å²) in [6, 6.07) is 15.1. The molecule has 2 aromatic rings. The van der Waals surface area contributed by atoms with E-state index >= 15 is 0 Å². The van der Waals surface area contributed by atoms with Gasteiger partial charge in [-0.2, -0.15) is 0 Å². The lowest BCUT2D eigenvalue weighted by atomic mass is 9.91. The minimum absolute atomic E-state index is 0.127. The first-order valence-corrected chi connectivity index (χ1v) is 10.8. The van der Waals surface area contributed by atoms with E-state index in [4.69, 9.17) is 9.47 Å². The monoisotopic (exact) mass is 442 g/mol. The van der Waals surface area contributed by atoms with E-state index in [1.54, 1.807) is 29.0 Å². The largest absolute Gasteiger partial charge is 0.445 e. The molecule has 2 atom stereocenters. The predicted octanol–water partition coefficient (Wildman–Crippen LogP) is 5.53. The van der Waals surface area contributed by atoms with Gasteiger partial charge < -0.3 is 19.3 Å². The molecule has 1 heterocycles. The third-order valence-electron chi connectivity index (χ3n) is 5.50. The molecule has 3 rings (SSSR count). The van der Waals surface area contributed by atoms with Crippen LogP contribution in [0.2, 0.25) is 0 Å². The van der Waals surface area contributed by atoms with Crippen molar-refractivity contribution in [1.82, 2.24) is 9.80 Å². The highest BCUT2D eigenvalue weighted by molar-refractivity contribution is 5.70.